The van der Waals surface area contributed by atoms with Crippen LogP contribution in [-0.4, -0.2) is 17.9 Å². The van der Waals surface area contributed by atoms with Gasteiger partial charge in [-0.3, -0.25) is 9.59 Å². The van der Waals surface area contributed by atoms with E-state index in [-0.39, 0.29) is 5.78 Å². The molecule has 3 heteroatoms. The summed E-state index contributed by atoms with van der Waals surface area (Å²) in [7, 11) is 0. The molecule has 0 saturated heterocycles. The first-order valence-corrected chi connectivity index (χ1v) is 6.29. The number of ether oxygens (including phenoxy) is 1. The number of carbonyl (C=O) groups excluding carboxylic acids is 2. The molecule has 0 aliphatic carbocycles. The van der Waals surface area contributed by atoms with Gasteiger partial charge >= 0.3 is 5.97 Å². The second-order valence-electron chi connectivity index (χ2n) is 4.82. The van der Waals surface area contributed by atoms with Gasteiger partial charge in [-0.1, -0.05) is 23.3 Å². The van der Waals surface area contributed by atoms with Gasteiger partial charge in [-0.15, -0.1) is 0 Å². The lowest BCUT2D eigenvalue weighted by atomic mass is 10.1. The second-order valence-corrected chi connectivity index (χ2v) is 4.82. The Hall–Kier alpha value is -1.38. The molecule has 0 bridgehead atoms. The van der Waals surface area contributed by atoms with E-state index in [1.54, 1.807) is 0 Å². The molecule has 102 valence electrons. The molecule has 0 N–H and O–H groups in total. The average molecular weight is 252 g/mol. The van der Waals surface area contributed by atoms with Crippen molar-refractivity contribution in [3.05, 3.63) is 23.3 Å². The summed E-state index contributed by atoms with van der Waals surface area (Å²) in [6.45, 7) is 8.95. The van der Waals surface area contributed by atoms with Crippen LogP contribution < -0.4 is 0 Å². The second kappa shape index (κ2) is 8.67. The number of hydrogen-bond acceptors (Lipinski definition) is 3. The Morgan fingerprint density at radius 2 is 1.67 bits per heavy atom. The molecule has 1 atom stereocenters. The van der Waals surface area contributed by atoms with E-state index in [0.29, 0.717) is 6.42 Å². The standard InChI is InChI=1S/C15H24O3/c1-11(2)7-6-8-12(3)9-10-15(13(4)16)18-14(5)17/h7,9,15H,6,8,10H2,1-5H3/b12-9-. The Morgan fingerprint density at radius 3 is 2.11 bits per heavy atom. The van der Waals surface area contributed by atoms with Gasteiger partial charge in [0.15, 0.2) is 11.9 Å². The molecular weight excluding hydrogens is 228 g/mol. The van der Waals surface area contributed by atoms with Gasteiger partial charge in [0.1, 0.15) is 0 Å². The van der Waals surface area contributed by atoms with Crippen LogP contribution in [0.15, 0.2) is 23.3 Å². The van der Waals surface area contributed by atoms with Gasteiger partial charge in [0.2, 0.25) is 0 Å². The largest absolute Gasteiger partial charge is 0.454 e. The van der Waals surface area contributed by atoms with Crippen molar-refractivity contribution in [2.24, 2.45) is 0 Å². The third-order valence-electron chi connectivity index (χ3n) is 2.53. The van der Waals surface area contributed by atoms with Gasteiger partial charge < -0.3 is 4.74 Å². The Labute approximate surface area is 110 Å². The maximum atomic E-state index is 11.3. The van der Waals surface area contributed by atoms with Crippen LogP contribution in [0.25, 0.3) is 0 Å². The molecule has 0 fully saturated rings. The molecule has 0 aliphatic rings. The summed E-state index contributed by atoms with van der Waals surface area (Å²) in [5.41, 5.74) is 2.52. The fraction of sp³-hybridized carbons (Fsp3) is 0.600. The fourth-order valence-electron chi connectivity index (χ4n) is 1.50. The first kappa shape index (κ1) is 16.6. The van der Waals surface area contributed by atoms with Crippen LogP contribution >= 0.6 is 0 Å². The Kier molecular flexibility index (Phi) is 8.01. The number of carbonyl (C=O) groups is 2. The van der Waals surface area contributed by atoms with Gasteiger partial charge in [-0.25, -0.2) is 0 Å². The lowest BCUT2D eigenvalue weighted by Gasteiger charge is -2.12. The summed E-state index contributed by atoms with van der Waals surface area (Å²) >= 11 is 0. The lowest BCUT2D eigenvalue weighted by molar-refractivity contribution is -0.152. The average Bonchev–Trinajstić information content (AvgIpc) is 2.22. The van der Waals surface area contributed by atoms with E-state index >= 15 is 0 Å². The number of hydrogen-bond donors (Lipinski definition) is 0. The van der Waals surface area contributed by atoms with Crippen LogP contribution in [0.2, 0.25) is 0 Å². The van der Waals surface area contributed by atoms with E-state index in [1.165, 1.54) is 25.0 Å². The first-order valence-electron chi connectivity index (χ1n) is 6.29. The van der Waals surface area contributed by atoms with Gasteiger partial charge in [0.25, 0.3) is 0 Å². The van der Waals surface area contributed by atoms with E-state index in [0.717, 1.165) is 12.8 Å². The molecule has 0 aromatic heterocycles. The number of rotatable bonds is 7. The fourth-order valence-corrected chi connectivity index (χ4v) is 1.50. The highest BCUT2D eigenvalue weighted by molar-refractivity contribution is 5.83. The van der Waals surface area contributed by atoms with E-state index in [2.05, 4.69) is 19.9 Å². The topological polar surface area (TPSA) is 43.4 Å². The molecule has 0 radical (unpaired) electrons. The SMILES string of the molecule is CC(=O)OC(C/C=C(/C)CCC=C(C)C)C(C)=O. The summed E-state index contributed by atoms with van der Waals surface area (Å²) in [5.74, 6) is -0.524. The highest BCUT2D eigenvalue weighted by Crippen LogP contribution is 2.10. The molecule has 0 heterocycles. The van der Waals surface area contributed by atoms with Gasteiger partial charge in [-0.2, -0.15) is 0 Å². The van der Waals surface area contributed by atoms with Crippen molar-refractivity contribution in [3.8, 4) is 0 Å². The summed E-state index contributed by atoms with van der Waals surface area (Å²) in [4.78, 5) is 22.1. The molecule has 3 nitrogen and oxygen atoms in total. The highest BCUT2D eigenvalue weighted by atomic mass is 16.5. The maximum absolute atomic E-state index is 11.3. The normalized spacial score (nSPS) is 12.8. The minimum atomic E-state index is -0.638. The quantitative estimate of drug-likeness (QED) is 0.513. The molecule has 0 rings (SSSR count). The van der Waals surface area contributed by atoms with Gasteiger partial charge in [-0.05, 0) is 40.5 Å². The third-order valence-corrected chi connectivity index (χ3v) is 2.53. The van der Waals surface area contributed by atoms with Gasteiger partial charge in [0, 0.05) is 13.3 Å². The predicted octanol–water partition coefficient (Wildman–Crippen LogP) is 3.59. The Balaban J connectivity index is 4.26. The van der Waals surface area contributed by atoms with Crippen LogP contribution in [-0.2, 0) is 14.3 Å². The van der Waals surface area contributed by atoms with Crippen molar-refractivity contribution >= 4 is 11.8 Å². The van der Waals surface area contributed by atoms with E-state index in [1.807, 2.05) is 13.0 Å². The van der Waals surface area contributed by atoms with Crippen molar-refractivity contribution in [1.82, 2.24) is 0 Å². The minimum absolute atomic E-state index is 0.112. The summed E-state index contributed by atoms with van der Waals surface area (Å²) in [6, 6.07) is 0. The maximum Gasteiger partial charge on any atom is 0.303 e. The van der Waals surface area contributed by atoms with Crippen LogP contribution in [0.1, 0.15) is 53.9 Å². The lowest BCUT2D eigenvalue weighted by Crippen LogP contribution is -2.23. The molecule has 0 aromatic carbocycles. The number of esters is 1. The first-order chi connectivity index (χ1) is 8.32. The monoisotopic (exact) mass is 252 g/mol. The molecule has 0 spiro atoms. The predicted molar refractivity (Wildman–Crippen MR) is 73.3 cm³/mol. The van der Waals surface area contributed by atoms with Crippen molar-refractivity contribution < 1.29 is 14.3 Å². The van der Waals surface area contributed by atoms with E-state index < -0.39 is 12.1 Å². The Morgan fingerprint density at radius 1 is 1.06 bits per heavy atom. The zero-order valence-corrected chi connectivity index (χ0v) is 12.1. The molecule has 0 aliphatic heterocycles. The van der Waals surface area contributed by atoms with Crippen LogP contribution in [0.4, 0.5) is 0 Å². The molecule has 1 unspecified atom stereocenters. The van der Waals surface area contributed by atoms with Crippen LogP contribution in [0, 0.1) is 0 Å². The van der Waals surface area contributed by atoms with E-state index in [4.69, 9.17) is 4.74 Å². The van der Waals surface area contributed by atoms with E-state index in [9.17, 15) is 9.59 Å². The third kappa shape index (κ3) is 8.74. The van der Waals surface area contributed by atoms with Crippen molar-refractivity contribution in [2.75, 3.05) is 0 Å². The molecule has 0 amide bonds. The molecule has 0 aromatic rings. The summed E-state index contributed by atoms with van der Waals surface area (Å²) in [6.07, 6.45) is 5.97. The smallest absolute Gasteiger partial charge is 0.303 e. The van der Waals surface area contributed by atoms with Crippen molar-refractivity contribution in [1.29, 1.82) is 0 Å². The molecule has 0 saturated carbocycles. The molecule has 18 heavy (non-hydrogen) atoms. The zero-order chi connectivity index (χ0) is 14.1. The molecular formula is C15H24O3. The highest BCUT2D eigenvalue weighted by Gasteiger charge is 2.15. The number of Topliss-reactive ketones (excluding diaryl/α,β-unsaturated/α-hetero) is 1. The van der Waals surface area contributed by atoms with Crippen LogP contribution in [0.3, 0.4) is 0 Å². The summed E-state index contributed by atoms with van der Waals surface area (Å²) in [5, 5.41) is 0. The Bertz CT molecular complexity index is 347. The van der Waals surface area contributed by atoms with Gasteiger partial charge in [0.05, 0.1) is 0 Å². The van der Waals surface area contributed by atoms with Crippen molar-refractivity contribution in [3.63, 3.8) is 0 Å². The van der Waals surface area contributed by atoms with Crippen molar-refractivity contribution in [2.45, 2.75) is 60.0 Å². The minimum Gasteiger partial charge on any atom is -0.454 e. The number of ketones is 1. The number of allylic oxidation sites excluding steroid dienone is 3. The van der Waals surface area contributed by atoms with Crippen LogP contribution in [0.5, 0.6) is 0 Å². The zero-order valence-electron chi connectivity index (χ0n) is 12.1. The summed E-state index contributed by atoms with van der Waals surface area (Å²) < 4.78 is 4.96.